The molecule has 5 nitrogen and oxygen atoms in total. The molecule has 0 spiro atoms. The monoisotopic (exact) mass is 279 g/mol. The summed E-state index contributed by atoms with van der Waals surface area (Å²) in [6, 6.07) is 5.27. The highest BCUT2D eigenvalue weighted by Crippen LogP contribution is 2.23. The third kappa shape index (κ3) is 2.49. The fourth-order valence-corrected chi connectivity index (χ4v) is 2.43. The van der Waals surface area contributed by atoms with Gasteiger partial charge in [-0.05, 0) is 38.2 Å². The molecule has 1 aromatic carbocycles. The summed E-state index contributed by atoms with van der Waals surface area (Å²) in [6.45, 7) is 4.33. The van der Waals surface area contributed by atoms with E-state index in [1.165, 1.54) is 0 Å². The van der Waals surface area contributed by atoms with Gasteiger partial charge < -0.3 is 19.6 Å². The number of methoxy groups -OCH3 is 1. The maximum absolute atomic E-state index is 11.9. The van der Waals surface area contributed by atoms with Gasteiger partial charge in [0.15, 0.2) is 4.77 Å². The van der Waals surface area contributed by atoms with Crippen molar-refractivity contribution in [2.75, 3.05) is 13.7 Å². The Bertz CT molecular complexity index is 659. The SMILES string of the molecule is CCNC(=O)C(C)n1c(=S)[nH]c2cc(OC)ccc21. The van der Waals surface area contributed by atoms with Gasteiger partial charge >= 0.3 is 0 Å². The Balaban J connectivity index is 2.51. The number of aromatic amines is 1. The molecule has 0 saturated heterocycles. The summed E-state index contributed by atoms with van der Waals surface area (Å²) in [6.07, 6.45) is 0. The Kier molecular flexibility index (Phi) is 3.90. The van der Waals surface area contributed by atoms with Crippen LogP contribution in [-0.4, -0.2) is 29.1 Å². The first-order valence-corrected chi connectivity index (χ1v) is 6.55. The fraction of sp³-hybridized carbons (Fsp3) is 0.385. The van der Waals surface area contributed by atoms with Crippen molar-refractivity contribution < 1.29 is 9.53 Å². The molecule has 6 heteroatoms. The lowest BCUT2D eigenvalue weighted by Gasteiger charge is -2.14. The Hall–Kier alpha value is -1.82. The van der Waals surface area contributed by atoms with Crippen LogP contribution in [0.25, 0.3) is 11.0 Å². The molecule has 0 aliphatic heterocycles. The summed E-state index contributed by atoms with van der Waals surface area (Å²) in [7, 11) is 1.62. The lowest BCUT2D eigenvalue weighted by atomic mass is 10.2. The summed E-state index contributed by atoms with van der Waals surface area (Å²) in [5, 5.41) is 2.80. The van der Waals surface area contributed by atoms with Crippen LogP contribution in [0, 0.1) is 4.77 Å². The van der Waals surface area contributed by atoms with Gasteiger partial charge in [0, 0.05) is 12.6 Å². The highest BCUT2D eigenvalue weighted by Gasteiger charge is 2.17. The molecule has 2 aromatic rings. The van der Waals surface area contributed by atoms with E-state index < -0.39 is 0 Å². The maximum Gasteiger partial charge on any atom is 0.242 e. The molecule has 0 radical (unpaired) electrons. The molecule has 1 amide bonds. The molecule has 0 saturated carbocycles. The molecule has 1 aromatic heterocycles. The number of aromatic nitrogens is 2. The number of H-pyrrole nitrogens is 1. The Morgan fingerprint density at radius 3 is 2.95 bits per heavy atom. The van der Waals surface area contributed by atoms with Crippen LogP contribution in [0.4, 0.5) is 0 Å². The van der Waals surface area contributed by atoms with E-state index in [0.29, 0.717) is 11.3 Å². The third-order valence-electron chi connectivity index (χ3n) is 3.04. The molecule has 0 fully saturated rings. The second kappa shape index (κ2) is 5.44. The number of imidazole rings is 1. The summed E-state index contributed by atoms with van der Waals surface area (Å²) in [5.41, 5.74) is 1.75. The fourth-order valence-electron chi connectivity index (χ4n) is 2.06. The number of hydrogen-bond acceptors (Lipinski definition) is 3. The Morgan fingerprint density at radius 1 is 1.58 bits per heavy atom. The molecule has 2 N–H and O–H groups in total. The number of carbonyl (C=O) groups is 1. The zero-order chi connectivity index (χ0) is 14.0. The van der Waals surface area contributed by atoms with Crippen molar-refractivity contribution in [1.29, 1.82) is 0 Å². The normalized spacial score (nSPS) is 12.4. The molecular weight excluding hydrogens is 262 g/mol. The van der Waals surface area contributed by atoms with E-state index in [1.807, 2.05) is 36.6 Å². The minimum Gasteiger partial charge on any atom is -0.497 e. The van der Waals surface area contributed by atoms with Crippen LogP contribution in [0.3, 0.4) is 0 Å². The van der Waals surface area contributed by atoms with Crippen molar-refractivity contribution in [3.63, 3.8) is 0 Å². The first-order chi connectivity index (χ1) is 9.08. The summed E-state index contributed by atoms with van der Waals surface area (Å²) in [4.78, 5) is 15.0. The van der Waals surface area contributed by atoms with Crippen molar-refractivity contribution >= 4 is 29.2 Å². The van der Waals surface area contributed by atoms with Crippen LogP contribution in [-0.2, 0) is 4.79 Å². The predicted octanol–water partition coefficient (Wildman–Crippen LogP) is 2.40. The van der Waals surface area contributed by atoms with Crippen LogP contribution >= 0.6 is 12.2 Å². The third-order valence-corrected chi connectivity index (χ3v) is 3.34. The maximum atomic E-state index is 11.9. The van der Waals surface area contributed by atoms with Crippen LogP contribution in [0.15, 0.2) is 18.2 Å². The van der Waals surface area contributed by atoms with Gasteiger partial charge in [0.1, 0.15) is 11.8 Å². The number of nitrogens with zero attached hydrogens (tertiary/aromatic N) is 1. The van der Waals surface area contributed by atoms with E-state index in [9.17, 15) is 4.79 Å². The van der Waals surface area contributed by atoms with Gasteiger partial charge in [-0.2, -0.15) is 0 Å². The topological polar surface area (TPSA) is 59.0 Å². The number of benzene rings is 1. The molecule has 102 valence electrons. The first-order valence-electron chi connectivity index (χ1n) is 6.14. The smallest absolute Gasteiger partial charge is 0.242 e. The number of carbonyl (C=O) groups excluding carboxylic acids is 1. The lowest BCUT2D eigenvalue weighted by Crippen LogP contribution is -2.30. The van der Waals surface area contributed by atoms with Crippen LogP contribution in [0.1, 0.15) is 19.9 Å². The zero-order valence-electron chi connectivity index (χ0n) is 11.2. The molecule has 0 aliphatic carbocycles. The molecule has 0 aliphatic rings. The van der Waals surface area contributed by atoms with E-state index in [1.54, 1.807) is 7.11 Å². The number of nitrogens with one attached hydrogen (secondary N) is 2. The van der Waals surface area contributed by atoms with E-state index >= 15 is 0 Å². The number of rotatable bonds is 4. The molecule has 0 bridgehead atoms. The van der Waals surface area contributed by atoms with Gasteiger partial charge in [-0.3, -0.25) is 4.79 Å². The quantitative estimate of drug-likeness (QED) is 0.845. The Labute approximate surface area is 116 Å². The number of ether oxygens (including phenoxy) is 1. The number of hydrogen-bond donors (Lipinski definition) is 2. The highest BCUT2D eigenvalue weighted by atomic mass is 32.1. The molecular formula is C13H17N3O2S. The second-order valence-corrected chi connectivity index (χ2v) is 4.64. The van der Waals surface area contributed by atoms with Gasteiger partial charge in [-0.1, -0.05) is 0 Å². The van der Waals surface area contributed by atoms with Crippen LogP contribution in [0.5, 0.6) is 5.75 Å². The standard InChI is InChI=1S/C13H17N3O2S/c1-4-14-12(17)8(2)16-11-6-5-9(18-3)7-10(11)15-13(16)19/h5-8H,4H2,1-3H3,(H,14,17)(H,15,19). The average Bonchev–Trinajstić information content (AvgIpc) is 2.72. The zero-order valence-corrected chi connectivity index (χ0v) is 12.0. The van der Waals surface area contributed by atoms with E-state index in [0.717, 1.165) is 16.8 Å². The average molecular weight is 279 g/mol. The van der Waals surface area contributed by atoms with Crippen LogP contribution in [0.2, 0.25) is 0 Å². The van der Waals surface area contributed by atoms with Crippen LogP contribution < -0.4 is 10.1 Å². The summed E-state index contributed by atoms with van der Waals surface area (Å²) < 4.78 is 7.52. The predicted molar refractivity (Wildman–Crippen MR) is 77.1 cm³/mol. The number of amides is 1. The summed E-state index contributed by atoms with van der Waals surface area (Å²) >= 11 is 5.30. The molecule has 1 heterocycles. The summed E-state index contributed by atoms with van der Waals surface area (Å²) in [5.74, 6) is 0.705. The van der Waals surface area contributed by atoms with Gasteiger partial charge in [-0.25, -0.2) is 0 Å². The van der Waals surface area contributed by atoms with Crippen molar-refractivity contribution in [1.82, 2.24) is 14.9 Å². The van der Waals surface area contributed by atoms with Crippen molar-refractivity contribution in [3.05, 3.63) is 23.0 Å². The second-order valence-electron chi connectivity index (χ2n) is 4.25. The first kappa shape index (κ1) is 13.6. The molecule has 1 atom stereocenters. The number of likely N-dealkylation sites (N-methyl/N-ethyl adjacent to an activating group) is 1. The van der Waals surface area contributed by atoms with Crippen molar-refractivity contribution in [3.8, 4) is 5.75 Å². The molecule has 2 rings (SSSR count). The van der Waals surface area contributed by atoms with Gasteiger partial charge in [0.2, 0.25) is 5.91 Å². The minimum absolute atomic E-state index is 0.0460. The lowest BCUT2D eigenvalue weighted by molar-refractivity contribution is -0.123. The van der Waals surface area contributed by atoms with Gasteiger partial charge in [-0.15, -0.1) is 0 Å². The number of fused-ring (bicyclic) bond motifs is 1. The minimum atomic E-state index is -0.352. The molecule has 19 heavy (non-hydrogen) atoms. The Morgan fingerprint density at radius 2 is 2.32 bits per heavy atom. The van der Waals surface area contributed by atoms with E-state index in [4.69, 9.17) is 17.0 Å². The van der Waals surface area contributed by atoms with Gasteiger partial charge in [0.05, 0.1) is 18.1 Å². The van der Waals surface area contributed by atoms with Gasteiger partial charge in [0.25, 0.3) is 0 Å². The highest BCUT2D eigenvalue weighted by molar-refractivity contribution is 7.71. The van der Waals surface area contributed by atoms with E-state index in [2.05, 4.69) is 10.3 Å². The largest absolute Gasteiger partial charge is 0.497 e. The molecule has 1 unspecified atom stereocenters. The van der Waals surface area contributed by atoms with E-state index in [-0.39, 0.29) is 11.9 Å². The van der Waals surface area contributed by atoms with Crippen molar-refractivity contribution in [2.45, 2.75) is 19.9 Å². The van der Waals surface area contributed by atoms with Crippen molar-refractivity contribution in [2.24, 2.45) is 0 Å².